The average molecular weight is 305 g/mol. The summed E-state index contributed by atoms with van der Waals surface area (Å²) in [7, 11) is 0. The first-order chi connectivity index (χ1) is 10.1. The number of aryl methyl sites for hydroxylation is 1. The number of benzene rings is 1. The number of hydrogen-bond donors (Lipinski definition) is 1. The van der Waals surface area contributed by atoms with Gasteiger partial charge >= 0.3 is 0 Å². The van der Waals surface area contributed by atoms with Crippen molar-refractivity contribution in [1.82, 2.24) is 4.98 Å². The SMILES string of the molecule is CCCOc1cc(C)ccc1NC(=O)c1cccc(Cl)n1. The van der Waals surface area contributed by atoms with Crippen LogP contribution in [0.25, 0.3) is 0 Å². The van der Waals surface area contributed by atoms with Crippen LogP contribution >= 0.6 is 11.6 Å². The molecule has 2 aromatic rings. The molecule has 2 rings (SSSR count). The van der Waals surface area contributed by atoms with Crippen molar-refractivity contribution < 1.29 is 9.53 Å². The second kappa shape index (κ2) is 7.09. The second-order valence-electron chi connectivity index (χ2n) is 4.65. The maximum absolute atomic E-state index is 12.2. The first kappa shape index (κ1) is 15.3. The highest BCUT2D eigenvalue weighted by Crippen LogP contribution is 2.26. The number of hydrogen-bond acceptors (Lipinski definition) is 3. The van der Waals surface area contributed by atoms with Crippen molar-refractivity contribution in [2.75, 3.05) is 11.9 Å². The molecule has 0 radical (unpaired) electrons. The molecule has 0 unspecified atom stereocenters. The molecule has 0 aliphatic heterocycles. The molecule has 0 bridgehead atoms. The molecule has 0 saturated carbocycles. The molecule has 1 heterocycles. The molecular formula is C16H17ClN2O2. The normalized spacial score (nSPS) is 10.2. The maximum atomic E-state index is 12.2. The average Bonchev–Trinajstić information content (AvgIpc) is 2.47. The van der Waals surface area contributed by atoms with Gasteiger partial charge in [0.05, 0.1) is 12.3 Å². The summed E-state index contributed by atoms with van der Waals surface area (Å²) in [6.07, 6.45) is 0.900. The summed E-state index contributed by atoms with van der Waals surface area (Å²) in [5.74, 6) is 0.343. The molecule has 5 heteroatoms. The van der Waals surface area contributed by atoms with E-state index in [1.54, 1.807) is 18.2 Å². The van der Waals surface area contributed by atoms with Crippen LogP contribution in [0.4, 0.5) is 5.69 Å². The van der Waals surface area contributed by atoms with Gasteiger partial charge in [0, 0.05) is 0 Å². The highest BCUT2D eigenvalue weighted by molar-refractivity contribution is 6.29. The number of anilines is 1. The summed E-state index contributed by atoms with van der Waals surface area (Å²) in [4.78, 5) is 16.2. The third kappa shape index (κ3) is 4.20. The van der Waals surface area contributed by atoms with Crippen LogP contribution in [0.15, 0.2) is 36.4 Å². The molecule has 1 N–H and O–H groups in total. The molecule has 0 atom stereocenters. The largest absolute Gasteiger partial charge is 0.491 e. The van der Waals surface area contributed by atoms with Gasteiger partial charge in [0.25, 0.3) is 5.91 Å². The molecule has 110 valence electrons. The van der Waals surface area contributed by atoms with E-state index >= 15 is 0 Å². The predicted octanol–water partition coefficient (Wildman–Crippen LogP) is 4.08. The van der Waals surface area contributed by atoms with E-state index in [0.29, 0.717) is 18.0 Å². The minimum absolute atomic E-state index is 0.268. The Hall–Kier alpha value is -2.07. The quantitative estimate of drug-likeness (QED) is 0.847. The van der Waals surface area contributed by atoms with Crippen molar-refractivity contribution in [2.45, 2.75) is 20.3 Å². The van der Waals surface area contributed by atoms with E-state index < -0.39 is 0 Å². The number of carbonyl (C=O) groups is 1. The van der Waals surface area contributed by atoms with Crippen molar-refractivity contribution in [3.05, 3.63) is 52.8 Å². The van der Waals surface area contributed by atoms with Crippen LogP contribution in [0.3, 0.4) is 0 Å². The molecule has 0 aliphatic rings. The van der Waals surface area contributed by atoms with E-state index in [1.165, 1.54) is 0 Å². The minimum atomic E-state index is -0.317. The summed E-state index contributed by atoms with van der Waals surface area (Å²) >= 11 is 5.80. The van der Waals surface area contributed by atoms with Gasteiger partial charge in [0.1, 0.15) is 16.6 Å². The first-order valence-corrected chi connectivity index (χ1v) is 7.15. The van der Waals surface area contributed by atoms with Crippen LogP contribution in [0.2, 0.25) is 5.15 Å². The number of ether oxygens (including phenoxy) is 1. The zero-order valence-electron chi connectivity index (χ0n) is 12.0. The Morgan fingerprint density at radius 2 is 2.14 bits per heavy atom. The number of rotatable bonds is 5. The molecule has 0 saturated heterocycles. The fourth-order valence-electron chi connectivity index (χ4n) is 1.79. The monoisotopic (exact) mass is 304 g/mol. The maximum Gasteiger partial charge on any atom is 0.274 e. The van der Waals surface area contributed by atoms with Crippen LogP contribution in [0.1, 0.15) is 29.4 Å². The highest BCUT2D eigenvalue weighted by Gasteiger charge is 2.11. The Morgan fingerprint density at radius 3 is 2.86 bits per heavy atom. The Balaban J connectivity index is 2.20. The zero-order chi connectivity index (χ0) is 15.2. The third-order valence-corrected chi connectivity index (χ3v) is 3.01. The molecule has 0 spiro atoms. The number of nitrogens with zero attached hydrogens (tertiary/aromatic N) is 1. The van der Waals surface area contributed by atoms with Gasteiger partial charge in [-0.25, -0.2) is 4.98 Å². The van der Waals surface area contributed by atoms with Gasteiger partial charge in [-0.2, -0.15) is 0 Å². The lowest BCUT2D eigenvalue weighted by molar-refractivity contribution is 0.102. The number of pyridine rings is 1. The molecule has 4 nitrogen and oxygen atoms in total. The lowest BCUT2D eigenvalue weighted by atomic mass is 10.2. The summed E-state index contributed by atoms with van der Waals surface area (Å²) < 4.78 is 5.67. The first-order valence-electron chi connectivity index (χ1n) is 6.77. The van der Waals surface area contributed by atoms with E-state index in [2.05, 4.69) is 10.3 Å². The molecule has 1 aromatic carbocycles. The number of nitrogens with one attached hydrogen (secondary N) is 1. The van der Waals surface area contributed by atoms with E-state index in [4.69, 9.17) is 16.3 Å². The van der Waals surface area contributed by atoms with Crippen LogP contribution in [0.5, 0.6) is 5.75 Å². The van der Waals surface area contributed by atoms with Crippen LogP contribution < -0.4 is 10.1 Å². The summed E-state index contributed by atoms with van der Waals surface area (Å²) in [6, 6.07) is 10.6. The molecular weight excluding hydrogens is 288 g/mol. The Kier molecular flexibility index (Phi) is 5.17. The highest BCUT2D eigenvalue weighted by atomic mass is 35.5. The van der Waals surface area contributed by atoms with E-state index in [0.717, 1.165) is 12.0 Å². The van der Waals surface area contributed by atoms with Crippen molar-refractivity contribution in [1.29, 1.82) is 0 Å². The summed E-state index contributed by atoms with van der Waals surface area (Å²) in [5.41, 5.74) is 1.96. The molecule has 1 aromatic heterocycles. The van der Waals surface area contributed by atoms with Gasteiger partial charge in [0.2, 0.25) is 0 Å². The number of carbonyl (C=O) groups excluding carboxylic acids is 1. The minimum Gasteiger partial charge on any atom is -0.491 e. The smallest absolute Gasteiger partial charge is 0.274 e. The van der Waals surface area contributed by atoms with E-state index in [-0.39, 0.29) is 16.8 Å². The Labute approximate surface area is 129 Å². The van der Waals surface area contributed by atoms with Crippen molar-refractivity contribution in [3.63, 3.8) is 0 Å². The van der Waals surface area contributed by atoms with Gasteiger partial charge in [-0.1, -0.05) is 30.7 Å². The topological polar surface area (TPSA) is 51.2 Å². The number of halogens is 1. The van der Waals surface area contributed by atoms with Gasteiger partial charge in [-0.15, -0.1) is 0 Å². The second-order valence-corrected chi connectivity index (χ2v) is 5.03. The lowest BCUT2D eigenvalue weighted by Crippen LogP contribution is -2.14. The fourth-order valence-corrected chi connectivity index (χ4v) is 1.95. The van der Waals surface area contributed by atoms with Gasteiger partial charge < -0.3 is 10.1 Å². The van der Waals surface area contributed by atoms with Crippen molar-refractivity contribution >= 4 is 23.2 Å². The van der Waals surface area contributed by atoms with E-state index in [1.807, 2.05) is 32.0 Å². The van der Waals surface area contributed by atoms with Gasteiger partial charge in [-0.05, 0) is 43.2 Å². The third-order valence-electron chi connectivity index (χ3n) is 2.79. The standard InChI is InChI=1S/C16H17ClN2O2/c1-3-9-21-14-10-11(2)7-8-12(14)19-16(20)13-5-4-6-15(17)18-13/h4-8,10H,3,9H2,1-2H3,(H,19,20). The Morgan fingerprint density at radius 1 is 1.33 bits per heavy atom. The van der Waals surface area contributed by atoms with Crippen LogP contribution in [-0.2, 0) is 0 Å². The van der Waals surface area contributed by atoms with Gasteiger partial charge in [0.15, 0.2) is 0 Å². The number of aromatic nitrogens is 1. The van der Waals surface area contributed by atoms with Crippen molar-refractivity contribution in [2.24, 2.45) is 0 Å². The lowest BCUT2D eigenvalue weighted by Gasteiger charge is -2.12. The molecule has 1 amide bonds. The van der Waals surface area contributed by atoms with Gasteiger partial charge in [-0.3, -0.25) is 4.79 Å². The van der Waals surface area contributed by atoms with Crippen LogP contribution in [-0.4, -0.2) is 17.5 Å². The summed E-state index contributed by atoms with van der Waals surface area (Å²) in [6.45, 7) is 4.61. The summed E-state index contributed by atoms with van der Waals surface area (Å²) in [5, 5.41) is 3.09. The zero-order valence-corrected chi connectivity index (χ0v) is 12.8. The fraction of sp³-hybridized carbons (Fsp3) is 0.250. The van der Waals surface area contributed by atoms with E-state index in [9.17, 15) is 4.79 Å². The molecule has 0 fully saturated rings. The predicted molar refractivity (Wildman–Crippen MR) is 84.2 cm³/mol. The van der Waals surface area contributed by atoms with Crippen LogP contribution in [0, 0.1) is 6.92 Å². The molecule has 0 aliphatic carbocycles. The van der Waals surface area contributed by atoms with Crippen molar-refractivity contribution in [3.8, 4) is 5.75 Å². The number of amides is 1. The Bertz CT molecular complexity index is 644. The molecule has 21 heavy (non-hydrogen) atoms.